The summed E-state index contributed by atoms with van der Waals surface area (Å²) in [5.74, 6) is -2.01. The van der Waals surface area contributed by atoms with Gasteiger partial charge in [-0.1, -0.05) is 15.9 Å². The predicted molar refractivity (Wildman–Crippen MR) is 72.5 cm³/mol. The molecule has 1 amide bonds. The van der Waals surface area contributed by atoms with Gasteiger partial charge in [0, 0.05) is 10.2 Å². The van der Waals surface area contributed by atoms with E-state index in [1.54, 1.807) is 12.1 Å². The van der Waals surface area contributed by atoms with E-state index in [0.717, 1.165) is 10.0 Å². The number of nitrogens with one attached hydrogen (secondary N) is 1. The van der Waals surface area contributed by atoms with Crippen molar-refractivity contribution in [1.82, 2.24) is 0 Å². The third-order valence-corrected chi connectivity index (χ3v) is 3.35. The van der Waals surface area contributed by atoms with E-state index in [2.05, 4.69) is 21.2 Å². The molecule has 5 nitrogen and oxygen atoms in total. The third-order valence-electron chi connectivity index (χ3n) is 2.46. The number of carboxylic acids is 1. The Labute approximate surface area is 117 Å². The Kier molecular flexibility index (Phi) is 3.71. The van der Waals surface area contributed by atoms with E-state index < -0.39 is 11.9 Å². The second-order valence-corrected chi connectivity index (χ2v) is 4.74. The molecule has 0 saturated carbocycles. The largest absolute Gasteiger partial charge is 0.475 e. The van der Waals surface area contributed by atoms with Crippen molar-refractivity contribution in [2.45, 2.75) is 6.92 Å². The number of carbonyl (C=O) groups excluding carboxylic acids is 1. The van der Waals surface area contributed by atoms with Crippen molar-refractivity contribution in [3.8, 4) is 0 Å². The molecule has 0 aliphatic rings. The highest BCUT2D eigenvalue weighted by molar-refractivity contribution is 9.10. The Bertz CT molecular complexity index is 648. The number of halogens is 1. The molecule has 0 unspecified atom stereocenters. The van der Waals surface area contributed by atoms with Gasteiger partial charge in [0.25, 0.3) is 5.91 Å². The highest BCUT2D eigenvalue weighted by Gasteiger charge is 2.15. The second kappa shape index (κ2) is 5.27. The summed E-state index contributed by atoms with van der Waals surface area (Å²) in [5, 5.41) is 11.3. The van der Waals surface area contributed by atoms with Crippen molar-refractivity contribution in [1.29, 1.82) is 0 Å². The summed E-state index contributed by atoms with van der Waals surface area (Å²) in [6.07, 6.45) is 0. The van der Waals surface area contributed by atoms with Gasteiger partial charge in [-0.05, 0) is 42.8 Å². The molecule has 0 bridgehead atoms. The van der Waals surface area contributed by atoms with Crippen molar-refractivity contribution in [3.05, 3.63) is 51.9 Å². The number of aromatic carboxylic acids is 1. The van der Waals surface area contributed by atoms with Crippen molar-refractivity contribution < 1.29 is 19.1 Å². The first-order chi connectivity index (χ1) is 8.97. The van der Waals surface area contributed by atoms with Gasteiger partial charge in [0.1, 0.15) is 0 Å². The molecule has 0 radical (unpaired) electrons. The lowest BCUT2D eigenvalue weighted by atomic mass is 10.2. The number of hydrogen-bond donors (Lipinski definition) is 2. The Morgan fingerprint density at radius 2 is 1.89 bits per heavy atom. The normalized spacial score (nSPS) is 10.2. The quantitative estimate of drug-likeness (QED) is 0.908. The maximum atomic E-state index is 11.8. The van der Waals surface area contributed by atoms with Gasteiger partial charge in [0.2, 0.25) is 5.76 Å². The number of aryl methyl sites for hydroxylation is 1. The zero-order chi connectivity index (χ0) is 14.0. The van der Waals surface area contributed by atoms with E-state index >= 15 is 0 Å². The lowest BCUT2D eigenvalue weighted by Gasteiger charge is -2.05. The summed E-state index contributed by atoms with van der Waals surface area (Å²) in [5.41, 5.74) is 1.59. The molecule has 1 heterocycles. The first-order valence-electron chi connectivity index (χ1n) is 5.38. The van der Waals surface area contributed by atoms with Gasteiger partial charge in [-0.25, -0.2) is 4.79 Å². The molecule has 1 aromatic heterocycles. The van der Waals surface area contributed by atoms with Gasteiger partial charge in [-0.15, -0.1) is 0 Å². The van der Waals surface area contributed by atoms with E-state index in [1.165, 1.54) is 12.1 Å². The number of furan rings is 1. The number of benzene rings is 1. The standard InChI is InChI=1S/C13H10BrNO4/c1-7-6-8(2-3-9(7)14)15-12(16)10-4-5-11(19-10)13(17)18/h2-6H,1H3,(H,15,16)(H,17,18). The fourth-order valence-corrected chi connectivity index (χ4v) is 1.74. The second-order valence-electron chi connectivity index (χ2n) is 3.89. The number of hydrogen-bond acceptors (Lipinski definition) is 3. The zero-order valence-electron chi connectivity index (χ0n) is 9.94. The van der Waals surface area contributed by atoms with E-state index in [-0.39, 0.29) is 11.5 Å². The smallest absolute Gasteiger partial charge is 0.371 e. The highest BCUT2D eigenvalue weighted by Crippen LogP contribution is 2.20. The molecule has 0 aliphatic carbocycles. The van der Waals surface area contributed by atoms with E-state index in [0.29, 0.717) is 5.69 Å². The molecule has 2 aromatic rings. The summed E-state index contributed by atoms with van der Waals surface area (Å²) < 4.78 is 5.85. The average Bonchev–Trinajstić information content (AvgIpc) is 2.83. The van der Waals surface area contributed by atoms with Crippen LogP contribution in [0.4, 0.5) is 5.69 Å². The molecule has 0 spiro atoms. The van der Waals surface area contributed by atoms with Gasteiger partial charge >= 0.3 is 5.97 Å². The zero-order valence-corrected chi connectivity index (χ0v) is 11.5. The summed E-state index contributed by atoms with van der Waals surface area (Å²) in [7, 11) is 0. The van der Waals surface area contributed by atoms with E-state index in [9.17, 15) is 9.59 Å². The molecule has 19 heavy (non-hydrogen) atoms. The number of amides is 1. The Hall–Kier alpha value is -2.08. The number of carbonyl (C=O) groups is 2. The van der Waals surface area contributed by atoms with Gasteiger partial charge in [0.05, 0.1) is 0 Å². The van der Waals surface area contributed by atoms with Crippen molar-refractivity contribution in [3.63, 3.8) is 0 Å². The van der Waals surface area contributed by atoms with Gasteiger partial charge in [-0.2, -0.15) is 0 Å². The molecule has 0 atom stereocenters. The van der Waals surface area contributed by atoms with Crippen LogP contribution >= 0.6 is 15.9 Å². The lowest BCUT2D eigenvalue weighted by molar-refractivity contribution is 0.0660. The molecule has 1 aromatic carbocycles. The van der Waals surface area contributed by atoms with Crippen LogP contribution in [0.5, 0.6) is 0 Å². The molecular formula is C13H10BrNO4. The predicted octanol–water partition coefficient (Wildman–Crippen LogP) is 3.30. The summed E-state index contributed by atoms with van der Waals surface area (Å²) in [6, 6.07) is 7.91. The number of carboxylic acid groups (broad SMARTS) is 1. The van der Waals surface area contributed by atoms with Crippen molar-refractivity contribution in [2.75, 3.05) is 5.32 Å². The van der Waals surface area contributed by atoms with Crippen LogP contribution in [0.2, 0.25) is 0 Å². The highest BCUT2D eigenvalue weighted by atomic mass is 79.9. The molecule has 0 aliphatic heterocycles. The van der Waals surface area contributed by atoms with Crippen LogP contribution in [0.25, 0.3) is 0 Å². The summed E-state index contributed by atoms with van der Waals surface area (Å²) in [6.45, 7) is 1.90. The van der Waals surface area contributed by atoms with E-state index in [1.807, 2.05) is 13.0 Å². The molecule has 0 saturated heterocycles. The molecule has 6 heteroatoms. The Morgan fingerprint density at radius 1 is 1.21 bits per heavy atom. The monoisotopic (exact) mass is 323 g/mol. The molecule has 0 fully saturated rings. The van der Waals surface area contributed by atoms with Crippen LogP contribution in [-0.4, -0.2) is 17.0 Å². The fourth-order valence-electron chi connectivity index (χ4n) is 1.49. The minimum absolute atomic E-state index is 0.0435. The molecule has 2 N–H and O–H groups in total. The van der Waals surface area contributed by atoms with Crippen molar-refractivity contribution >= 4 is 33.5 Å². The van der Waals surface area contributed by atoms with Crippen LogP contribution in [0.1, 0.15) is 26.7 Å². The Balaban J connectivity index is 2.15. The van der Waals surface area contributed by atoms with Gasteiger partial charge < -0.3 is 14.8 Å². The maximum Gasteiger partial charge on any atom is 0.371 e. The first-order valence-corrected chi connectivity index (χ1v) is 6.17. The first kappa shape index (κ1) is 13.4. The Morgan fingerprint density at radius 3 is 2.47 bits per heavy atom. The third kappa shape index (κ3) is 3.03. The van der Waals surface area contributed by atoms with Crippen molar-refractivity contribution in [2.24, 2.45) is 0 Å². The topological polar surface area (TPSA) is 79.5 Å². The molecular weight excluding hydrogens is 314 g/mol. The fraction of sp³-hybridized carbons (Fsp3) is 0.0769. The van der Waals surface area contributed by atoms with E-state index in [4.69, 9.17) is 9.52 Å². The average molecular weight is 324 g/mol. The summed E-state index contributed by atoms with van der Waals surface area (Å²) >= 11 is 3.36. The number of rotatable bonds is 3. The SMILES string of the molecule is Cc1cc(NC(=O)c2ccc(C(=O)O)o2)ccc1Br. The van der Waals surface area contributed by atoms with Crippen LogP contribution in [0, 0.1) is 6.92 Å². The summed E-state index contributed by atoms with van der Waals surface area (Å²) in [4.78, 5) is 22.5. The van der Waals surface area contributed by atoms with Crippen LogP contribution in [0.15, 0.2) is 39.2 Å². The maximum absolute atomic E-state index is 11.8. The minimum Gasteiger partial charge on any atom is -0.475 e. The van der Waals surface area contributed by atoms with Crippen LogP contribution in [0.3, 0.4) is 0 Å². The lowest BCUT2D eigenvalue weighted by Crippen LogP contribution is -2.11. The van der Waals surface area contributed by atoms with Gasteiger partial charge in [0.15, 0.2) is 5.76 Å². The van der Waals surface area contributed by atoms with Crippen LogP contribution < -0.4 is 5.32 Å². The van der Waals surface area contributed by atoms with Gasteiger partial charge in [-0.3, -0.25) is 4.79 Å². The molecule has 2 rings (SSSR count). The minimum atomic E-state index is -1.21. The number of anilines is 1. The van der Waals surface area contributed by atoms with Crippen LogP contribution in [-0.2, 0) is 0 Å². The molecule has 98 valence electrons.